The van der Waals surface area contributed by atoms with Gasteiger partial charge in [-0.25, -0.2) is 14.7 Å². The fourth-order valence-electron chi connectivity index (χ4n) is 2.76. The van der Waals surface area contributed by atoms with Crippen molar-refractivity contribution in [2.24, 2.45) is 5.10 Å². The Kier molecular flexibility index (Phi) is 4.37. The molecular weight excluding hydrogens is 348 g/mol. The predicted octanol–water partition coefficient (Wildman–Crippen LogP) is 2.38. The third-order valence-electron chi connectivity index (χ3n) is 3.98. The lowest BCUT2D eigenvalue weighted by Crippen LogP contribution is -2.30. The molecule has 0 unspecified atom stereocenters. The van der Waals surface area contributed by atoms with Gasteiger partial charge in [-0.1, -0.05) is 0 Å². The average molecular weight is 362 g/mol. The summed E-state index contributed by atoms with van der Waals surface area (Å²) in [5.41, 5.74) is 0.720. The molecule has 9 nitrogen and oxygen atoms in total. The number of carbonyl (C=O) groups is 1. The predicted molar refractivity (Wildman–Crippen MR) is 92.8 cm³/mol. The molecule has 1 aliphatic heterocycles. The number of furan rings is 2. The maximum atomic E-state index is 12.8. The van der Waals surface area contributed by atoms with E-state index in [4.69, 9.17) is 14.1 Å². The molecule has 1 atom stereocenters. The Bertz CT molecular complexity index is 1020. The number of hydrogen-bond acceptors (Lipinski definition) is 7. The van der Waals surface area contributed by atoms with Gasteiger partial charge in [0.15, 0.2) is 0 Å². The summed E-state index contributed by atoms with van der Waals surface area (Å²) in [7, 11) is 0. The second-order valence-electron chi connectivity index (χ2n) is 5.79. The number of amides is 1. The molecule has 0 saturated heterocycles. The van der Waals surface area contributed by atoms with Crippen molar-refractivity contribution in [2.45, 2.75) is 19.0 Å². The molecule has 0 fully saturated rings. The van der Waals surface area contributed by atoms with Crippen molar-refractivity contribution in [3.63, 3.8) is 0 Å². The van der Waals surface area contributed by atoms with E-state index in [9.17, 15) is 4.79 Å². The maximum Gasteiger partial charge on any atom is 0.265 e. The highest BCUT2D eigenvalue weighted by molar-refractivity contribution is 6.00. The summed E-state index contributed by atoms with van der Waals surface area (Å²) in [5, 5.41) is 18.5. The second-order valence-corrected chi connectivity index (χ2v) is 5.79. The van der Waals surface area contributed by atoms with E-state index in [1.165, 1.54) is 16.0 Å². The van der Waals surface area contributed by atoms with Crippen LogP contribution in [-0.4, -0.2) is 31.4 Å². The molecule has 9 heteroatoms. The van der Waals surface area contributed by atoms with Crippen LogP contribution in [0.1, 0.15) is 29.8 Å². The highest BCUT2D eigenvalue weighted by atomic mass is 16.3. The largest absolute Gasteiger partial charge is 0.467 e. The minimum Gasteiger partial charge on any atom is -0.467 e. The van der Waals surface area contributed by atoms with E-state index >= 15 is 0 Å². The molecule has 4 heterocycles. The van der Waals surface area contributed by atoms with Crippen LogP contribution in [-0.2, 0) is 11.3 Å². The van der Waals surface area contributed by atoms with Crippen LogP contribution in [0.2, 0.25) is 0 Å². The lowest BCUT2D eigenvalue weighted by Gasteiger charge is -2.19. The van der Waals surface area contributed by atoms with Crippen LogP contribution in [0, 0.1) is 11.3 Å². The zero-order valence-electron chi connectivity index (χ0n) is 14.1. The first-order chi connectivity index (χ1) is 13.2. The van der Waals surface area contributed by atoms with Crippen molar-refractivity contribution in [2.75, 3.05) is 0 Å². The normalized spacial score (nSPS) is 16.6. The zero-order chi connectivity index (χ0) is 18.6. The molecular formula is C18H14N6O3. The van der Waals surface area contributed by atoms with Crippen molar-refractivity contribution < 1.29 is 13.6 Å². The Labute approximate surface area is 153 Å². The monoisotopic (exact) mass is 362 g/mol. The van der Waals surface area contributed by atoms with Gasteiger partial charge in [-0.3, -0.25) is 4.79 Å². The third kappa shape index (κ3) is 3.55. The van der Waals surface area contributed by atoms with E-state index in [0.29, 0.717) is 17.9 Å². The number of hydrogen-bond donors (Lipinski definition) is 0. The van der Waals surface area contributed by atoms with Gasteiger partial charge in [-0.15, -0.1) is 5.10 Å². The van der Waals surface area contributed by atoms with Crippen LogP contribution in [0.15, 0.2) is 63.1 Å². The lowest BCUT2D eigenvalue weighted by atomic mass is 10.1. The minimum atomic E-state index is -0.345. The van der Waals surface area contributed by atoms with Gasteiger partial charge in [0, 0.05) is 6.42 Å². The lowest BCUT2D eigenvalue weighted by molar-refractivity contribution is -0.134. The van der Waals surface area contributed by atoms with Gasteiger partial charge in [-0.2, -0.15) is 10.4 Å². The summed E-state index contributed by atoms with van der Waals surface area (Å²) in [5.74, 6) is 1.07. The SMILES string of the molecule is N#Cc1ncn(CC(=O)N2N=C(/C=C/c3ccco3)C[C@H]2c2ccco2)n1. The van der Waals surface area contributed by atoms with Crippen molar-refractivity contribution in [1.29, 1.82) is 5.26 Å². The Morgan fingerprint density at radius 1 is 1.30 bits per heavy atom. The second kappa shape index (κ2) is 7.13. The Morgan fingerprint density at radius 3 is 2.85 bits per heavy atom. The van der Waals surface area contributed by atoms with Gasteiger partial charge in [-0.05, 0) is 36.4 Å². The number of allylic oxidation sites excluding steroid dienone is 1. The van der Waals surface area contributed by atoms with Gasteiger partial charge in [0.05, 0.1) is 18.2 Å². The van der Waals surface area contributed by atoms with E-state index < -0.39 is 0 Å². The number of hydrazone groups is 1. The van der Waals surface area contributed by atoms with Crippen LogP contribution in [0.3, 0.4) is 0 Å². The van der Waals surface area contributed by atoms with Crippen molar-refractivity contribution >= 4 is 17.7 Å². The smallest absolute Gasteiger partial charge is 0.265 e. The van der Waals surface area contributed by atoms with Gasteiger partial charge in [0.1, 0.15) is 36.5 Å². The Morgan fingerprint density at radius 2 is 2.15 bits per heavy atom. The summed E-state index contributed by atoms with van der Waals surface area (Å²) in [6, 6.07) is 8.69. The third-order valence-corrected chi connectivity index (χ3v) is 3.98. The summed E-state index contributed by atoms with van der Waals surface area (Å²) in [6.45, 7) is -0.0788. The van der Waals surface area contributed by atoms with Crippen LogP contribution in [0.4, 0.5) is 0 Å². The number of nitrogens with zero attached hydrogens (tertiary/aromatic N) is 6. The molecule has 1 amide bonds. The molecule has 3 aromatic rings. The fourth-order valence-corrected chi connectivity index (χ4v) is 2.76. The molecule has 0 aliphatic carbocycles. The number of rotatable bonds is 5. The summed E-state index contributed by atoms with van der Waals surface area (Å²) in [6.07, 6.45) is 8.61. The quantitative estimate of drug-likeness (QED) is 0.688. The molecule has 0 radical (unpaired) electrons. The topological polar surface area (TPSA) is 113 Å². The van der Waals surface area contributed by atoms with Gasteiger partial charge in [0.2, 0.25) is 0 Å². The molecule has 0 saturated carbocycles. The van der Waals surface area contributed by atoms with E-state index in [0.717, 1.165) is 5.71 Å². The van der Waals surface area contributed by atoms with E-state index in [2.05, 4.69) is 15.2 Å². The Hall–Kier alpha value is -3.93. The summed E-state index contributed by atoms with van der Waals surface area (Å²) >= 11 is 0. The average Bonchev–Trinajstić information content (AvgIpc) is 3.47. The first kappa shape index (κ1) is 16.5. The van der Waals surface area contributed by atoms with Crippen molar-refractivity contribution in [3.8, 4) is 6.07 Å². The molecule has 0 aromatic carbocycles. The fraction of sp³-hybridized carbons (Fsp3) is 0.167. The van der Waals surface area contributed by atoms with Crippen LogP contribution in [0.25, 0.3) is 6.08 Å². The van der Waals surface area contributed by atoms with Crippen LogP contribution < -0.4 is 0 Å². The molecule has 3 aromatic heterocycles. The highest BCUT2D eigenvalue weighted by Gasteiger charge is 2.33. The van der Waals surface area contributed by atoms with Crippen molar-refractivity contribution in [3.05, 3.63) is 66.5 Å². The molecule has 4 rings (SSSR count). The van der Waals surface area contributed by atoms with Crippen molar-refractivity contribution in [1.82, 2.24) is 19.8 Å². The first-order valence-corrected chi connectivity index (χ1v) is 8.17. The van der Waals surface area contributed by atoms with Gasteiger partial charge in [0.25, 0.3) is 11.7 Å². The standard InChI is InChI=1S/C18H14N6O3/c19-10-17-20-12-23(22-17)11-18(25)24-15(16-4-2-8-27-16)9-13(21-24)5-6-14-3-1-7-26-14/h1-8,12,15H,9,11H2/b6-5+/t15-/m0/s1. The van der Waals surface area contributed by atoms with E-state index in [-0.39, 0.29) is 24.3 Å². The molecule has 1 aliphatic rings. The number of nitriles is 1. The molecule has 0 bridgehead atoms. The molecule has 0 N–H and O–H groups in total. The molecule has 0 spiro atoms. The zero-order valence-corrected chi connectivity index (χ0v) is 14.1. The Balaban J connectivity index is 1.55. The number of carbonyl (C=O) groups excluding carboxylic acids is 1. The summed E-state index contributed by atoms with van der Waals surface area (Å²) < 4.78 is 12.1. The van der Waals surface area contributed by atoms with Gasteiger partial charge >= 0.3 is 0 Å². The van der Waals surface area contributed by atoms with Crippen LogP contribution >= 0.6 is 0 Å². The van der Waals surface area contributed by atoms with Crippen LogP contribution in [0.5, 0.6) is 0 Å². The number of aromatic nitrogens is 3. The molecule has 134 valence electrons. The first-order valence-electron chi connectivity index (χ1n) is 8.17. The maximum absolute atomic E-state index is 12.8. The summed E-state index contributed by atoms with van der Waals surface area (Å²) in [4.78, 5) is 16.6. The molecule has 27 heavy (non-hydrogen) atoms. The minimum absolute atomic E-state index is 0.0115. The van der Waals surface area contributed by atoms with E-state index in [1.807, 2.05) is 24.3 Å². The van der Waals surface area contributed by atoms with Gasteiger partial charge < -0.3 is 8.83 Å². The highest BCUT2D eigenvalue weighted by Crippen LogP contribution is 2.31. The van der Waals surface area contributed by atoms with E-state index in [1.54, 1.807) is 30.7 Å².